The molecule has 1 aromatic heterocycles. The van der Waals surface area contributed by atoms with Gasteiger partial charge in [0.05, 0.1) is 0 Å². The first-order valence-electron chi connectivity index (χ1n) is 9.14. The highest BCUT2D eigenvalue weighted by molar-refractivity contribution is 5.76. The van der Waals surface area contributed by atoms with Crippen LogP contribution in [0.3, 0.4) is 0 Å². The van der Waals surface area contributed by atoms with Gasteiger partial charge in [-0.15, -0.1) is 0 Å². The highest BCUT2D eigenvalue weighted by atomic mass is 16.1. The number of anilines is 1. The van der Waals surface area contributed by atoms with Gasteiger partial charge in [0.2, 0.25) is 5.91 Å². The fourth-order valence-corrected chi connectivity index (χ4v) is 3.56. The SMILES string of the molecule is NC1CCC(NC(=O)CCN2CCN(c3ccccn3)CC2)CC1. The third-order valence-corrected chi connectivity index (χ3v) is 5.14. The van der Waals surface area contributed by atoms with Gasteiger partial charge >= 0.3 is 0 Å². The van der Waals surface area contributed by atoms with Crippen LogP contribution in [0.1, 0.15) is 32.1 Å². The lowest BCUT2D eigenvalue weighted by molar-refractivity contribution is -0.122. The summed E-state index contributed by atoms with van der Waals surface area (Å²) in [6.45, 7) is 4.76. The van der Waals surface area contributed by atoms with E-state index in [0.717, 1.165) is 64.2 Å². The molecule has 2 fully saturated rings. The maximum absolute atomic E-state index is 12.1. The Morgan fingerprint density at radius 3 is 2.58 bits per heavy atom. The average Bonchev–Trinajstić information content (AvgIpc) is 2.63. The Balaban J connectivity index is 1.34. The molecular weight excluding hydrogens is 302 g/mol. The van der Waals surface area contributed by atoms with Crippen molar-refractivity contribution in [3.63, 3.8) is 0 Å². The monoisotopic (exact) mass is 331 g/mol. The Kier molecular flexibility index (Phi) is 6.04. The molecule has 0 atom stereocenters. The molecule has 1 aliphatic carbocycles. The van der Waals surface area contributed by atoms with Crippen LogP contribution in [0.4, 0.5) is 5.82 Å². The Bertz CT molecular complexity index is 507. The topological polar surface area (TPSA) is 74.5 Å². The standard InChI is InChI=1S/C18H29N5O/c19-15-4-6-16(7-5-15)21-18(24)8-10-22-11-13-23(14-12-22)17-3-1-2-9-20-17/h1-3,9,15-16H,4-8,10-14,19H2,(H,21,24). The summed E-state index contributed by atoms with van der Waals surface area (Å²) < 4.78 is 0. The van der Waals surface area contributed by atoms with Crippen molar-refractivity contribution < 1.29 is 4.79 Å². The second-order valence-corrected chi connectivity index (χ2v) is 6.95. The molecule has 6 nitrogen and oxygen atoms in total. The second-order valence-electron chi connectivity index (χ2n) is 6.95. The molecule has 1 saturated carbocycles. The maximum atomic E-state index is 12.1. The van der Waals surface area contributed by atoms with E-state index >= 15 is 0 Å². The van der Waals surface area contributed by atoms with Crippen molar-refractivity contribution >= 4 is 11.7 Å². The summed E-state index contributed by atoms with van der Waals surface area (Å²) in [6, 6.07) is 6.68. The Morgan fingerprint density at radius 1 is 1.17 bits per heavy atom. The first-order valence-corrected chi connectivity index (χ1v) is 9.14. The zero-order valence-corrected chi connectivity index (χ0v) is 14.4. The molecule has 0 spiro atoms. The minimum Gasteiger partial charge on any atom is -0.354 e. The van der Waals surface area contributed by atoms with Crippen LogP contribution in [0.15, 0.2) is 24.4 Å². The molecular formula is C18H29N5O. The van der Waals surface area contributed by atoms with Gasteiger partial charge in [0, 0.05) is 57.4 Å². The normalized spacial score (nSPS) is 25.5. The molecule has 3 N–H and O–H groups in total. The Morgan fingerprint density at radius 2 is 1.92 bits per heavy atom. The van der Waals surface area contributed by atoms with Crippen molar-refractivity contribution in [3.05, 3.63) is 24.4 Å². The summed E-state index contributed by atoms with van der Waals surface area (Å²) in [5, 5.41) is 3.17. The van der Waals surface area contributed by atoms with E-state index in [1.807, 2.05) is 18.3 Å². The summed E-state index contributed by atoms with van der Waals surface area (Å²) in [5.41, 5.74) is 5.91. The number of carbonyl (C=O) groups excluding carboxylic acids is 1. The maximum Gasteiger partial charge on any atom is 0.221 e. The summed E-state index contributed by atoms with van der Waals surface area (Å²) >= 11 is 0. The number of nitrogens with one attached hydrogen (secondary N) is 1. The van der Waals surface area contributed by atoms with Gasteiger partial charge in [-0.05, 0) is 37.8 Å². The van der Waals surface area contributed by atoms with Crippen LogP contribution in [0, 0.1) is 0 Å². The molecule has 1 aliphatic heterocycles. The molecule has 2 heterocycles. The highest BCUT2D eigenvalue weighted by Gasteiger charge is 2.21. The van der Waals surface area contributed by atoms with Crippen LogP contribution in [0.2, 0.25) is 0 Å². The van der Waals surface area contributed by atoms with Gasteiger partial charge in [-0.1, -0.05) is 6.07 Å². The molecule has 1 saturated heterocycles. The molecule has 1 aromatic rings. The fourth-order valence-electron chi connectivity index (χ4n) is 3.56. The minimum atomic E-state index is 0.183. The van der Waals surface area contributed by atoms with Crippen LogP contribution < -0.4 is 16.0 Å². The van der Waals surface area contributed by atoms with Crippen molar-refractivity contribution in [2.24, 2.45) is 5.73 Å². The lowest BCUT2D eigenvalue weighted by atomic mass is 9.92. The average molecular weight is 331 g/mol. The lowest BCUT2D eigenvalue weighted by Crippen LogP contribution is -2.48. The van der Waals surface area contributed by atoms with Gasteiger partial charge < -0.3 is 16.0 Å². The van der Waals surface area contributed by atoms with E-state index in [1.165, 1.54) is 0 Å². The van der Waals surface area contributed by atoms with Gasteiger partial charge in [-0.2, -0.15) is 0 Å². The van der Waals surface area contributed by atoms with Crippen molar-refractivity contribution in [2.75, 3.05) is 37.6 Å². The molecule has 0 unspecified atom stereocenters. The fraction of sp³-hybridized carbons (Fsp3) is 0.667. The quantitative estimate of drug-likeness (QED) is 0.841. The van der Waals surface area contributed by atoms with Gasteiger partial charge in [0.25, 0.3) is 0 Å². The van der Waals surface area contributed by atoms with Crippen molar-refractivity contribution in [1.29, 1.82) is 0 Å². The number of nitrogens with two attached hydrogens (primary N) is 1. The number of piperazine rings is 1. The third kappa shape index (κ3) is 4.92. The van der Waals surface area contributed by atoms with Gasteiger partial charge in [0.15, 0.2) is 0 Å². The van der Waals surface area contributed by atoms with E-state index in [2.05, 4.69) is 26.2 Å². The summed E-state index contributed by atoms with van der Waals surface area (Å²) in [4.78, 5) is 21.2. The van der Waals surface area contributed by atoms with E-state index in [9.17, 15) is 4.79 Å². The van der Waals surface area contributed by atoms with Gasteiger partial charge in [-0.25, -0.2) is 4.98 Å². The predicted molar refractivity (Wildman–Crippen MR) is 95.9 cm³/mol. The summed E-state index contributed by atoms with van der Waals surface area (Å²) in [5.74, 6) is 1.23. The molecule has 0 aromatic carbocycles. The summed E-state index contributed by atoms with van der Waals surface area (Å²) in [7, 11) is 0. The number of amides is 1. The lowest BCUT2D eigenvalue weighted by Gasteiger charge is -2.35. The molecule has 0 radical (unpaired) electrons. The van der Waals surface area contributed by atoms with Crippen molar-refractivity contribution in [3.8, 4) is 0 Å². The van der Waals surface area contributed by atoms with Crippen LogP contribution in [0.5, 0.6) is 0 Å². The number of aromatic nitrogens is 1. The molecule has 2 aliphatic rings. The van der Waals surface area contributed by atoms with Gasteiger partial charge in [-0.3, -0.25) is 9.69 Å². The molecule has 6 heteroatoms. The molecule has 24 heavy (non-hydrogen) atoms. The number of nitrogens with zero attached hydrogens (tertiary/aromatic N) is 3. The van der Waals surface area contributed by atoms with E-state index < -0.39 is 0 Å². The van der Waals surface area contributed by atoms with E-state index in [0.29, 0.717) is 18.5 Å². The molecule has 132 valence electrons. The smallest absolute Gasteiger partial charge is 0.221 e. The van der Waals surface area contributed by atoms with Crippen LogP contribution in [-0.2, 0) is 4.79 Å². The van der Waals surface area contributed by atoms with Crippen LogP contribution >= 0.6 is 0 Å². The van der Waals surface area contributed by atoms with Crippen LogP contribution in [0.25, 0.3) is 0 Å². The summed E-state index contributed by atoms with van der Waals surface area (Å²) in [6.07, 6.45) is 6.53. The van der Waals surface area contributed by atoms with Gasteiger partial charge in [0.1, 0.15) is 5.82 Å². The zero-order chi connectivity index (χ0) is 16.8. The highest BCUT2D eigenvalue weighted by Crippen LogP contribution is 2.17. The third-order valence-electron chi connectivity index (χ3n) is 5.14. The van der Waals surface area contributed by atoms with E-state index in [1.54, 1.807) is 0 Å². The molecule has 1 amide bonds. The van der Waals surface area contributed by atoms with E-state index in [-0.39, 0.29) is 5.91 Å². The second kappa shape index (κ2) is 8.44. The number of carbonyl (C=O) groups is 1. The molecule has 0 bridgehead atoms. The Hall–Kier alpha value is -1.66. The minimum absolute atomic E-state index is 0.183. The zero-order valence-electron chi connectivity index (χ0n) is 14.4. The first kappa shape index (κ1) is 17.2. The van der Waals surface area contributed by atoms with Crippen molar-refractivity contribution in [2.45, 2.75) is 44.2 Å². The van der Waals surface area contributed by atoms with Crippen molar-refractivity contribution in [1.82, 2.24) is 15.2 Å². The number of hydrogen-bond donors (Lipinski definition) is 2. The number of pyridine rings is 1. The van der Waals surface area contributed by atoms with Crippen LogP contribution in [-0.4, -0.2) is 60.6 Å². The molecule has 3 rings (SSSR count). The Labute approximate surface area is 144 Å². The number of hydrogen-bond acceptors (Lipinski definition) is 5. The number of rotatable bonds is 5. The van der Waals surface area contributed by atoms with E-state index in [4.69, 9.17) is 5.73 Å². The largest absolute Gasteiger partial charge is 0.354 e. The first-order chi connectivity index (χ1) is 11.7. The predicted octanol–water partition coefficient (Wildman–Crippen LogP) is 0.980.